The number of likely N-dealkylation sites (tertiary alicyclic amines) is 1. The van der Waals surface area contributed by atoms with E-state index in [2.05, 4.69) is 18.7 Å². The second-order valence-electron chi connectivity index (χ2n) is 5.67. The van der Waals surface area contributed by atoms with Crippen molar-refractivity contribution in [2.24, 2.45) is 11.8 Å². The third kappa shape index (κ3) is 3.17. The molecule has 0 aromatic carbocycles. The second-order valence-corrected chi connectivity index (χ2v) is 5.67. The number of halogens is 1. The van der Waals surface area contributed by atoms with E-state index in [1.54, 1.807) is 0 Å². The van der Waals surface area contributed by atoms with Crippen molar-refractivity contribution in [3.63, 3.8) is 0 Å². The molecule has 0 amide bonds. The highest BCUT2D eigenvalue weighted by Crippen LogP contribution is 2.25. The van der Waals surface area contributed by atoms with Gasteiger partial charge in [0.05, 0.1) is 12.7 Å². The van der Waals surface area contributed by atoms with Gasteiger partial charge in [0.25, 0.3) is 0 Å². The van der Waals surface area contributed by atoms with Gasteiger partial charge in [-0.3, -0.25) is 0 Å². The molecule has 0 bridgehead atoms. The zero-order valence-corrected chi connectivity index (χ0v) is 10.5. The van der Waals surface area contributed by atoms with E-state index < -0.39 is 6.17 Å². The molecule has 2 fully saturated rings. The minimum atomic E-state index is -0.743. The van der Waals surface area contributed by atoms with E-state index in [-0.39, 0.29) is 6.10 Å². The summed E-state index contributed by atoms with van der Waals surface area (Å²) in [6.07, 6.45) is 2.78. The largest absolute Gasteiger partial charge is 0.374 e. The van der Waals surface area contributed by atoms with Gasteiger partial charge >= 0.3 is 0 Å². The summed E-state index contributed by atoms with van der Waals surface area (Å²) in [6, 6.07) is 0. The highest BCUT2D eigenvalue weighted by molar-refractivity contribution is 4.80. The molecule has 2 aliphatic heterocycles. The van der Waals surface area contributed by atoms with Crippen molar-refractivity contribution in [1.82, 2.24) is 4.90 Å². The maximum absolute atomic E-state index is 13.1. The van der Waals surface area contributed by atoms with E-state index in [1.807, 2.05) is 0 Å². The maximum Gasteiger partial charge on any atom is 0.124 e. The van der Waals surface area contributed by atoms with Gasteiger partial charge < -0.3 is 9.64 Å². The molecule has 0 saturated carbocycles. The first-order valence-electron chi connectivity index (χ1n) is 6.63. The average Bonchev–Trinajstić information content (AvgIpc) is 2.25. The van der Waals surface area contributed by atoms with Crippen LogP contribution in [0.2, 0.25) is 0 Å². The average molecular weight is 229 g/mol. The lowest BCUT2D eigenvalue weighted by atomic mass is 9.93. The lowest BCUT2D eigenvalue weighted by Crippen LogP contribution is -2.45. The zero-order valence-electron chi connectivity index (χ0n) is 10.5. The predicted molar refractivity (Wildman–Crippen MR) is 63.3 cm³/mol. The van der Waals surface area contributed by atoms with Gasteiger partial charge in [-0.25, -0.2) is 4.39 Å². The molecule has 2 saturated heterocycles. The normalized spacial score (nSPS) is 38.8. The number of nitrogens with zero attached hydrogens (tertiary/aromatic N) is 1. The Bertz CT molecular complexity index is 216. The molecule has 3 atom stereocenters. The number of rotatable bonds is 2. The van der Waals surface area contributed by atoms with E-state index >= 15 is 0 Å². The molecule has 3 heteroatoms. The van der Waals surface area contributed by atoms with Gasteiger partial charge in [0.1, 0.15) is 6.17 Å². The molecule has 0 unspecified atom stereocenters. The van der Waals surface area contributed by atoms with E-state index in [0.717, 1.165) is 12.5 Å². The monoisotopic (exact) mass is 229 g/mol. The van der Waals surface area contributed by atoms with Crippen molar-refractivity contribution in [3.8, 4) is 0 Å². The molecule has 0 aliphatic carbocycles. The Kier molecular flexibility index (Phi) is 4.20. The fourth-order valence-corrected chi connectivity index (χ4v) is 2.75. The third-order valence-corrected chi connectivity index (χ3v) is 4.07. The van der Waals surface area contributed by atoms with Gasteiger partial charge in [0.15, 0.2) is 0 Å². The molecule has 0 aromatic rings. The summed E-state index contributed by atoms with van der Waals surface area (Å²) >= 11 is 0. The van der Waals surface area contributed by atoms with Crippen molar-refractivity contribution in [2.75, 3.05) is 26.2 Å². The molecule has 2 heterocycles. The van der Waals surface area contributed by atoms with Gasteiger partial charge in [-0.2, -0.15) is 0 Å². The van der Waals surface area contributed by atoms with Crippen molar-refractivity contribution >= 4 is 0 Å². The van der Waals surface area contributed by atoms with Crippen LogP contribution in [0.4, 0.5) is 4.39 Å². The molecule has 16 heavy (non-hydrogen) atoms. The standard InChI is InChI=1S/C13H24FNO/c1-10-3-5-15(6-4-10)8-13-11(2)7-12(14)9-16-13/h10-13H,3-9H2,1-2H3/t11-,12+,13+/m0/s1. The van der Waals surface area contributed by atoms with Gasteiger partial charge in [-0.1, -0.05) is 13.8 Å². The van der Waals surface area contributed by atoms with Crippen molar-refractivity contribution in [3.05, 3.63) is 0 Å². The van der Waals surface area contributed by atoms with Crippen molar-refractivity contribution in [1.29, 1.82) is 0 Å². The summed E-state index contributed by atoms with van der Waals surface area (Å²) in [5, 5.41) is 0. The van der Waals surface area contributed by atoms with Crippen LogP contribution in [0.3, 0.4) is 0 Å². The maximum atomic E-state index is 13.1. The quantitative estimate of drug-likeness (QED) is 0.721. The SMILES string of the molecule is CC1CCN(C[C@H]2OC[C@H](F)C[C@@H]2C)CC1. The predicted octanol–water partition coefficient (Wildman–Crippen LogP) is 2.48. The van der Waals surface area contributed by atoms with E-state index in [0.29, 0.717) is 18.9 Å². The van der Waals surface area contributed by atoms with E-state index in [9.17, 15) is 4.39 Å². The number of piperidine rings is 1. The van der Waals surface area contributed by atoms with Crippen LogP contribution in [0.15, 0.2) is 0 Å². The molecular formula is C13H24FNO. The molecule has 0 N–H and O–H groups in total. The Balaban J connectivity index is 1.76. The number of hydrogen-bond donors (Lipinski definition) is 0. The number of ether oxygens (including phenoxy) is 1. The first-order chi connectivity index (χ1) is 7.65. The molecule has 94 valence electrons. The highest BCUT2D eigenvalue weighted by atomic mass is 19.1. The summed E-state index contributed by atoms with van der Waals surface area (Å²) in [6.45, 7) is 8.12. The van der Waals surface area contributed by atoms with Gasteiger partial charge in [0.2, 0.25) is 0 Å². The molecule has 2 rings (SSSR count). The third-order valence-electron chi connectivity index (χ3n) is 4.07. The van der Waals surface area contributed by atoms with Crippen molar-refractivity contribution < 1.29 is 9.13 Å². The summed E-state index contributed by atoms with van der Waals surface area (Å²) in [4.78, 5) is 2.49. The lowest BCUT2D eigenvalue weighted by molar-refractivity contribution is -0.0746. The van der Waals surface area contributed by atoms with Crippen molar-refractivity contribution in [2.45, 2.75) is 45.4 Å². The Morgan fingerprint density at radius 1 is 1.25 bits per heavy atom. The minimum Gasteiger partial charge on any atom is -0.374 e. The van der Waals surface area contributed by atoms with Crippen LogP contribution < -0.4 is 0 Å². The Hall–Kier alpha value is -0.150. The summed E-state index contributed by atoms with van der Waals surface area (Å²) < 4.78 is 18.7. The Morgan fingerprint density at radius 3 is 2.56 bits per heavy atom. The Labute approximate surface area is 98.1 Å². The molecule has 0 spiro atoms. The van der Waals surface area contributed by atoms with Gasteiger partial charge in [-0.15, -0.1) is 0 Å². The second kappa shape index (κ2) is 5.46. The van der Waals surface area contributed by atoms with Crippen LogP contribution in [0.5, 0.6) is 0 Å². The van der Waals surface area contributed by atoms with Crippen LogP contribution in [-0.4, -0.2) is 43.4 Å². The van der Waals surface area contributed by atoms with Crippen LogP contribution >= 0.6 is 0 Å². The number of hydrogen-bond acceptors (Lipinski definition) is 2. The molecule has 2 aliphatic rings. The molecule has 2 nitrogen and oxygen atoms in total. The number of alkyl halides is 1. The van der Waals surface area contributed by atoms with Crippen LogP contribution in [0.1, 0.15) is 33.1 Å². The summed E-state index contributed by atoms with van der Waals surface area (Å²) in [5.74, 6) is 1.24. The van der Waals surface area contributed by atoms with E-state index in [1.165, 1.54) is 25.9 Å². The minimum absolute atomic E-state index is 0.250. The Morgan fingerprint density at radius 2 is 1.94 bits per heavy atom. The topological polar surface area (TPSA) is 12.5 Å². The lowest BCUT2D eigenvalue weighted by Gasteiger charge is -2.37. The summed E-state index contributed by atoms with van der Waals surface area (Å²) in [7, 11) is 0. The fraction of sp³-hybridized carbons (Fsp3) is 1.00. The first kappa shape index (κ1) is 12.3. The van der Waals surface area contributed by atoms with Crippen LogP contribution in [0.25, 0.3) is 0 Å². The zero-order chi connectivity index (χ0) is 11.5. The molecule has 0 radical (unpaired) electrons. The molecule has 0 aromatic heterocycles. The van der Waals surface area contributed by atoms with Crippen LogP contribution in [-0.2, 0) is 4.74 Å². The smallest absolute Gasteiger partial charge is 0.124 e. The van der Waals surface area contributed by atoms with E-state index in [4.69, 9.17) is 4.74 Å². The van der Waals surface area contributed by atoms with Gasteiger partial charge in [0, 0.05) is 6.54 Å². The summed E-state index contributed by atoms with van der Waals surface area (Å²) in [5.41, 5.74) is 0. The highest BCUT2D eigenvalue weighted by Gasteiger charge is 2.30. The fourth-order valence-electron chi connectivity index (χ4n) is 2.75. The van der Waals surface area contributed by atoms with Gasteiger partial charge in [-0.05, 0) is 44.2 Å². The van der Waals surface area contributed by atoms with Crippen LogP contribution in [0, 0.1) is 11.8 Å². The molecular weight excluding hydrogens is 205 g/mol. The first-order valence-corrected chi connectivity index (χ1v) is 6.63.